The van der Waals surface area contributed by atoms with Crippen molar-refractivity contribution in [1.82, 2.24) is 14.7 Å². The minimum Gasteiger partial charge on any atom is -0.363 e. The molecule has 6 rings (SSSR count). The van der Waals surface area contributed by atoms with E-state index < -0.39 is 12.0 Å². The number of carbonyl (C=O) groups is 2. The van der Waals surface area contributed by atoms with E-state index in [1.165, 1.54) is 4.90 Å². The normalized spacial score (nSPS) is 38.3. The molecule has 33 heavy (non-hydrogen) atoms. The van der Waals surface area contributed by atoms with Crippen LogP contribution < -0.4 is 0 Å². The van der Waals surface area contributed by atoms with Gasteiger partial charge in [0.05, 0.1) is 18.1 Å². The molecule has 3 fully saturated rings. The van der Waals surface area contributed by atoms with Crippen LogP contribution in [0.5, 0.6) is 0 Å². The first-order valence-electron chi connectivity index (χ1n) is 11.7. The van der Waals surface area contributed by atoms with Crippen molar-refractivity contribution in [2.24, 2.45) is 27.7 Å². The average Bonchev–Trinajstić information content (AvgIpc) is 3.60. The van der Waals surface area contributed by atoms with Gasteiger partial charge in [0, 0.05) is 57.2 Å². The van der Waals surface area contributed by atoms with E-state index in [0.717, 1.165) is 18.7 Å². The Labute approximate surface area is 191 Å². The fourth-order valence-corrected chi connectivity index (χ4v) is 5.85. The van der Waals surface area contributed by atoms with Crippen LogP contribution in [0.25, 0.3) is 0 Å². The molecule has 6 atom stereocenters. The van der Waals surface area contributed by atoms with Crippen LogP contribution in [0.4, 0.5) is 8.78 Å². The number of aliphatic imine (C=N–C) groups is 2. The fraction of sp³-hybridized carbons (Fsp3) is 0.583. The van der Waals surface area contributed by atoms with Crippen LogP contribution in [0.15, 0.2) is 45.6 Å². The Hall–Kier alpha value is -2.84. The Morgan fingerprint density at radius 2 is 1.97 bits per heavy atom. The number of allylic oxidation sites excluding steroid dienone is 1. The summed E-state index contributed by atoms with van der Waals surface area (Å²) < 4.78 is 27.0. The lowest BCUT2D eigenvalue weighted by atomic mass is 9.82. The molecule has 4 aliphatic heterocycles. The Balaban J connectivity index is 1.21. The summed E-state index contributed by atoms with van der Waals surface area (Å²) in [4.78, 5) is 39.8. The summed E-state index contributed by atoms with van der Waals surface area (Å²) in [6.07, 6.45) is 12.0. The van der Waals surface area contributed by atoms with Crippen LogP contribution in [0.1, 0.15) is 19.3 Å². The maximum absolute atomic E-state index is 13.5. The number of rotatable bonds is 2. The van der Waals surface area contributed by atoms with Crippen molar-refractivity contribution < 1.29 is 18.4 Å². The molecule has 4 heterocycles. The molecule has 2 amide bonds. The van der Waals surface area contributed by atoms with Crippen molar-refractivity contribution in [3.05, 3.63) is 35.6 Å². The van der Waals surface area contributed by atoms with E-state index in [-0.39, 0.29) is 55.7 Å². The molecule has 0 aromatic rings. The molecule has 2 saturated heterocycles. The number of piperidine rings is 2. The molecule has 0 aromatic heterocycles. The zero-order valence-corrected chi connectivity index (χ0v) is 18.5. The van der Waals surface area contributed by atoms with Crippen molar-refractivity contribution in [2.45, 2.75) is 43.3 Å². The molecule has 6 aliphatic rings. The van der Waals surface area contributed by atoms with Crippen LogP contribution in [0, 0.1) is 17.8 Å². The number of hydrogen-bond donors (Lipinski definition) is 0. The average molecular weight is 456 g/mol. The minimum absolute atomic E-state index is 0.0561. The summed E-state index contributed by atoms with van der Waals surface area (Å²) in [6, 6.07) is -0.682. The van der Waals surface area contributed by atoms with E-state index in [0.29, 0.717) is 17.4 Å². The molecule has 1 saturated carbocycles. The van der Waals surface area contributed by atoms with Gasteiger partial charge in [-0.25, -0.2) is 8.78 Å². The van der Waals surface area contributed by atoms with Gasteiger partial charge < -0.3 is 14.7 Å². The molecule has 9 heteroatoms. The summed E-state index contributed by atoms with van der Waals surface area (Å²) in [5.41, 5.74) is 1.59. The highest BCUT2D eigenvalue weighted by molar-refractivity contribution is 5.97. The van der Waals surface area contributed by atoms with Gasteiger partial charge in [-0.1, -0.05) is 18.2 Å². The number of fused-ring (bicyclic) bond motifs is 4. The number of likely N-dealkylation sites (tertiary alicyclic amines) is 2. The van der Waals surface area contributed by atoms with Gasteiger partial charge in [0.15, 0.2) is 6.04 Å². The summed E-state index contributed by atoms with van der Waals surface area (Å²) in [7, 11) is 1.69. The Bertz CT molecular complexity index is 1040. The molecule has 0 radical (unpaired) electrons. The predicted octanol–water partition coefficient (Wildman–Crippen LogP) is 1.88. The van der Waals surface area contributed by atoms with E-state index in [2.05, 4.69) is 27.0 Å². The lowest BCUT2D eigenvalue weighted by Crippen LogP contribution is -2.50. The van der Waals surface area contributed by atoms with Crippen LogP contribution >= 0.6 is 0 Å². The molecule has 174 valence electrons. The monoisotopic (exact) mass is 455 g/mol. The number of carbonyl (C=O) groups excluding carboxylic acids is 2. The van der Waals surface area contributed by atoms with E-state index in [1.54, 1.807) is 24.5 Å². The third-order valence-electron chi connectivity index (χ3n) is 7.91. The number of amides is 2. The van der Waals surface area contributed by atoms with E-state index >= 15 is 0 Å². The molecule has 6 unspecified atom stereocenters. The largest absolute Gasteiger partial charge is 0.363 e. The third-order valence-corrected chi connectivity index (χ3v) is 7.91. The smallest absolute Gasteiger partial charge is 0.254 e. The number of halogens is 2. The van der Waals surface area contributed by atoms with Gasteiger partial charge in [-0.3, -0.25) is 19.6 Å². The molecular formula is C24H27F2N5O2. The van der Waals surface area contributed by atoms with E-state index in [4.69, 9.17) is 0 Å². The summed E-state index contributed by atoms with van der Waals surface area (Å²) in [6.45, 7) is 1.12. The summed E-state index contributed by atoms with van der Waals surface area (Å²) >= 11 is 0. The van der Waals surface area contributed by atoms with Gasteiger partial charge in [0.2, 0.25) is 0 Å². The first-order chi connectivity index (χ1) is 15.8. The Morgan fingerprint density at radius 3 is 2.76 bits per heavy atom. The number of dihydropyridines is 1. The Morgan fingerprint density at radius 1 is 1.18 bits per heavy atom. The molecule has 0 aromatic carbocycles. The fourth-order valence-electron chi connectivity index (χ4n) is 5.85. The molecule has 2 aliphatic carbocycles. The highest BCUT2D eigenvalue weighted by Gasteiger charge is 2.52. The zero-order valence-electron chi connectivity index (χ0n) is 18.5. The quantitative estimate of drug-likeness (QED) is 0.639. The second-order valence-electron chi connectivity index (χ2n) is 10.0. The molecular weight excluding hydrogens is 428 g/mol. The van der Waals surface area contributed by atoms with E-state index in [9.17, 15) is 18.4 Å². The van der Waals surface area contributed by atoms with E-state index in [1.807, 2.05) is 12.2 Å². The van der Waals surface area contributed by atoms with Crippen molar-refractivity contribution in [3.8, 4) is 0 Å². The van der Waals surface area contributed by atoms with Gasteiger partial charge in [-0.2, -0.15) is 0 Å². The SMILES string of the molecule is CN1C=NC2C=C(N3CC4CC4C4C=C(C(=O)N5CCC(F)(F)CC5)C=CC43)C=NC2C1=O. The van der Waals surface area contributed by atoms with Gasteiger partial charge >= 0.3 is 0 Å². The van der Waals surface area contributed by atoms with Crippen molar-refractivity contribution in [2.75, 3.05) is 26.7 Å². The van der Waals surface area contributed by atoms with Crippen molar-refractivity contribution in [1.29, 1.82) is 0 Å². The second kappa shape index (κ2) is 7.33. The van der Waals surface area contributed by atoms with Crippen LogP contribution in [-0.2, 0) is 9.59 Å². The molecule has 0 bridgehead atoms. The lowest BCUT2D eigenvalue weighted by molar-refractivity contribution is -0.133. The number of likely N-dealkylation sites (N-methyl/N-ethyl adjacent to an activating group) is 1. The van der Waals surface area contributed by atoms with Crippen molar-refractivity contribution >= 4 is 24.4 Å². The zero-order chi connectivity index (χ0) is 22.9. The minimum atomic E-state index is -2.67. The lowest BCUT2D eigenvalue weighted by Gasteiger charge is -2.43. The second-order valence-corrected chi connectivity index (χ2v) is 10.0. The summed E-state index contributed by atoms with van der Waals surface area (Å²) in [5, 5.41) is 0. The van der Waals surface area contributed by atoms with Crippen molar-refractivity contribution in [3.63, 3.8) is 0 Å². The van der Waals surface area contributed by atoms with Crippen LogP contribution in [0.3, 0.4) is 0 Å². The highest BCUT2D eigenvalue weighted by Crippen LogP contribution is 2.53. The first-order valence-corrected chi connectivity index (χ1v) is 11.7. The van der Waals surface area contributed by atoms with Gasteiger partial charge in [-0.15, -0.1) is 0 Å². The van der Waals surface area contributed by atoms with Crippen LogP contribution in [0.2, 0.25) is 0 Å². The standard InChI is InChI=1S/C24H27F2N5O2/c1-29-13-28-19-10-16(11-27-21(19)23(29)33)31-12-15-9-17(15)18-8-14(2-3-20(18)31)22(32)30-6-4-24(25,26)5-7-30/h2-3,8,10-11,13,15,17-21H,4-7,9,12H2,1H3. The number of alkyl halides is 2. The third kappa shape index (κ3) is 3.52. The number of hydrogen-bond acceptors (Lipinski definition) is 5. The van der Waals surface area contributed by atoms with Gasteiger partial charge in [0.1, 0.15) is 6.04 Å². The maximum atomic E-state index is 13.5. The highest BCUT2D eigenvalue weighted by atomic mass is 19.3. The molecule has 7 nitrogen and oxygen atoms in total. The first kappa shape index (κ1) is 20.7. The molecule has 0 N–H and O–H groups in total. The topological polar surface area (TPSA) is 68.6 Å². The van der Waals surface area contributed by atoms with Crippen LogP contribution in [-0.4, -0.2) is 89.8 Å². The maximum Gasteiger partial charge on any atom is 0.254 e. The summed E-state index contributed by atoms with van der Waals surface area (Å²) in [5.74, 6) is -1.56. The number of nitrogens with zero attached hydrogens (tertiary/aromatic N) is 5. The molecule has 0 spiro atoms. The Kier molecular flexibility index (Phi) is 4.61. The van der Waals surface area contributed by atoms with Gasteiger partial charge in [0.25, 0.3) is 17.7 Å². The van der Waals surface area contributed by atoms with Gasteiger partial charge in [-0.05, 0) is 24.3 Å². The predicted molar refractivity (Wildman–Crippen MR) is 119 cm³/mol.